The van der Waals surface area contributed by atoms with Gasteiger partial charge in [0, 0.05) is 50.0 Å². The molecule has 2 aliphatic rings. The first-order chi connectivity index (χ1) is 17.0. The molecule has 1 aromatic carbocycles. The third kappa shape index (κ3) is 5.42. The van der Waals surface area contributed by atoms with Crippen LogP contribution in [0.1, 0.15) is 41.7 Å². The monoisotopic (exact) mass is 476 g/mol. The number of hydrogen-bond acceptors (Lipinski definition) is 4. The zero-order valence-corrected chi connectivity index (χ0v) is 20.7. The number of nitrogens with one attached hydrogen (secondary N) is 2. The maximum atomic E-state index is 13.6. The molecule has 0 unspecified atom stereocenters. The molecule has 1 atom stereocenters. The molecule has 2 aromatic heterocycles. The molecule has 2 N–H and O–H groups in total. The van der Waals surface area contributed by atoms with Crippen LogP contribution in [0.4, 0.5) is 0 Å². The van der Waals surface area contributed by atoms with Crippen molar-refractivity contribution in [2.45, 2.75) is 38.1 Å². The van der Waals surface area contributed by atoms with Crippen LogP contribution in [0.25, 0.3) is 10.9 Å². The first-order valence-electron chi connectivity index (χ1n) is 12.8. The molecule has 0 saturated carbocycles. The van der Waals surface area contributed by atoms with E-state index in [4.69, 9.17) is 0 Å². The lowest BCUT2D eigenvalue weighted by molar-refractivity contribution is -0.135. The number of H-pyrrole nitrogens is 1. The van der Waals surface area contributed by atoms with Crippen LogP contribution < -0.4 is 5.32 Å². The second-order valence-corrected chi connectivity index (χ2v) is 10.3. The van der Waals surface area contributed by atoms with Crippen LogP contribution in [0.5, 0.6) is 0 Å². The molecule has 35 heavy (non-hydrogen) atoms. The second kappa shape index (κ2) is 10.2. The van der Waals surface area contributed by atoms with Gasteiger partial charge in [0.1, 0.15) is 6.04 Å². The molecule has 186 valence electrons. The number of carbonyl (C=O) groups is 2. The van der Waals surface area contributed by atoms with Crippen LogP contribution in [-0.2, 0) is 18.3 Å². The molecule has 0 spiro atoms. The van der Waals surface area contributed by atoms with Gasteiger partial charge in [-0.2, -0.15) is 0 Å². The number of carbonyl (C=O) groups excluding carboxylic acids is 2. The SMILES string of the molecule is CN1CCC(C2CCN(C(=O)[C@@H](Cc3cn(C)cn3)NC(=O)c3ccc4cc[nH]c4c3)CC2)CC1. The van der Waals surface area contributed by atoms with Gasteiger partial charge in [0.15, 0.2) is 0 Å². The zero-order valence-electron chi connectivity index (χ0n) is 20.7. The lowest BCUT2D eigenvalue weighted by Gasteiger charge is -2.40. The number of rotatable bonds is 6. The Hall–Kier alpha value is -3.13. The minimum Gasteiger partial charge on any atom is -0.361 e. The number of imidazole rings is 1. The van der Waals surface area contributed by atoms with Gasteiger partial charge < -0.3 is 24.7 Å². The molecular formula is C27H36N6O2. The maximum Gasteiger partial charge on any atom is 0.252 e. The normalized spacial score (nSPS) is 19.2. The Bertz CT molecular complexity index is 1170. The molecule has 0 bridgehead atoms. The van der Waals surface area contributed by atoms with Gasteiger partial charge in [0.25, 0.3) is 5.91 Å². The number of hydrogen-bond donors (Lipinski definition) is 2. The van der Waals surface area contributed by atoms with E-state index in [0.29, 0.717) is 17.9 Å². The van der Waals surface area contributed by atoms with E-state index in [1.807, 2.05) is 47.1 Å². The summed E-state index contributed by atoms with van der Waals surface area (Å²) in [5.74, 6) is 1.23. The quantitative estimate of drug-likeness (QED) is 0.573. The van der Waals surface area contributed by atoms with Crippen LogP contribution in [0.3, 0.4) is 0 Å². The molecule has 8 nitrogen and oxygen atoms in total. The van der Waals surface area contributed by atoms with Gasteiger partial charge in [0.2, 0.25) is 5.91 Å². The molecule has 3 aromatic rings. The van der Waals surface area contributed by atoms with Crippen molar-refractivity contribution in [2.24, 2.45) is 18.9 Å². The van der Waals surface area contributed by atoms with E-state index in [2.05, 4.69) is 27.2 Å². The number of amides is 2. The Kier molecular flexibility index (Phi) is 6.90. The maximum absolute atomic E-state index is 13.6. The van der Waals surface area contributed by atoms with Crippen molar-refractivity contribution in [3.8, 4) is 0 Å². The average Bonchev–Trinajstić information content (AvgIpc) is 3.51. The molecule has 0 aliphatic carbocycles. The number of nitrogens with zero attached hydrogens (tertiary/aromatic N) is 4. The van der Waals surface area contributed by atoms with Crippen LogP contribution in [0, 0.1) is 11.8 Å². The summed E-state index contributed by atoms with van der Waals surface area (Å²) in [4.78, 5) is 38.7. The van der Waals surface area contributed by atoms with Crippen molar-refractivity contribution >= 4 is 22.7 Å². The number of aromatic nitrogens is 3. The van der Waals surface area contributed by atoms with E-state index >= 15 is 0 Å². The third-order valence-corrected chi connectivity index (χ3v) is 7.87. The van der Waals surface area contributed by atoms with Crippen LogP contribution >= 0.6 is 0 Å². The summed E-state index contributed by atoms with van der Waals surface area (Å²) in [6.07, 6.45) is 10.5. The van der Waals surface area contributed by atoms with E-state index in [9.17, 15) is 9.59 Å². The van der Waals surface area contributed by atoms with Gasteiger partial charge >= 0.3 is 0 Å². The Morgan fingerprint density at radius 3 is 2.46 bits per heavy atom. The van der Waals surface area contributed by atoms with Gasteiger partial charge in [-0.05, 0) is 81.2 Å². The molecule has 5 rings (SSSR count). The molecule has 8 heteroatoms. The number of piperidine rings is 2. The predicted molar refractivity (Wildman–Crippen MR) is 136 cm³/mol. The van der Waals surface area contributed by atoms with Crippen molar-refractivity contribution in [1.29, 1.82) is 0 Å². The minimum absolute atomic E-state index is 0.00761. The molecular weight excluding hydrogens is 440 g/mol. The fourth-order valence-corrected chi connectivity index (χ4v) is 5.72. The van der Waals surface area contributed by atoms with Crippen molar-refractivity contribution < 1.29 is 9.59 Å². The van der Waals surface area contributed by atoms with E-state index in [0.717, 1.165) is 48.4 Å². The van der Waals surface area contributed by atoms with Crippen molar-refractivity contribution in [2.75, 3.05) is 33.2 Å². The summed E-state index contributed by atoms with van der Waals surface area (Å²) in [5.41, 5.74) is 2.24. The van der Waals surface area contributed by atoms with E-state index in [1.54, 1.807) is 12.4 Å². The first kappa shape index (κ1) is 23.6. The Morgan fingerprint density at radius 1 is 1.06 bits per heavy atom. The van der Waals surface area contributed by atoms with Gasteiger partial charge in [0.05, 0.1) is 12.0 Å². The van der Waals surface area contributed by atoms with Gasteiger partial charge in [-0.3, -0.25) is 9.59 Å². The predicted octanol–water partition coefficient (Wildman–Crippen LogP) is 2.82. The Labute approximate surface area is 206 Å². The summed E-state index contributed by atoms with van der Waals surface area (Å²) in [5, 5.41) is 4.08. The molecule has 2 aliphatic heterocycles. The Balaban J connectivity index is 1.26. The summed E-state index contributed by atoms with van der Waals surface area (Å²) in [6, 6.07) is 6.89. The average molecular weight is 477 g/mol. The number of likely N-dealkylation sites (tertiary alicyclic amines) is 2. The molecule has 2 amide bonds. The fourth-order valence-electron chi connectivity index (χ4n) is 5.72. The van der Waals surface area contributed by atoms with Crippen LogP contribution in [-0.4, -0.2) is 75.4 Å². The van der Waals surface area contributed by atoms with Crippen LogP contribution in [0.15, 0.2) is 43.0 Å². The van der Waals surface area contributed by atoms with E-state index in [1.165, 1.54) is 25.9 Å². The molecule has 2 saturated heterocycles. The number of aryl methyl sites for hydroxylation is 1. The van der Waals surface area contributed by atoms with Gasteiger partial charge in [-0.1, -0.05) is 6.07 Å². The number of fused-ring (bicyclic) bond motifs is 1. The zero-order chi connectivity index (χ0) is 24.4. The lowest BCUT2D eigenvalue weighted by Crippen LogP contribution is -2.52. The van der Waals surface area contributed by atoms with Crippen molar-refractivity contribution in [3.63, 3.8) is 0 Å². The largest absolute Gasteiger partial charge is 0.361 e. The number of benzene rings is 1. The standard InChI is InChI=1S/C27H36N6O2/c1-31-11-6-19(7-12-31)20-8-13-33(14-9-20)27(35)25(16-23-17-32(2)18-29-23)30-26(34)22-4-3-21-5-10-28-24(21)15-22/h3-5,10,15,17-20,25,28H,6-9,11-14,16H2,1-2H3,(H,30,34)/t25-/m1/s1. The lowest BCUT2D eigenvalue weighted by atomic mass is 9.79. The highest BCUT2D eigenvalue weighted by Gasteiger charge is 2.33. The molecule has 0 radical (unpaired) electrons. The van der Waals surface area contributed by atoms with Crippen LogP contribution in [0.2, 0.25) is 0 Å². The second-order valence-electron chi connectivity index (χ2n) is 10.3. The fraction of sp³-hybridized carbons (Fsp3) is 0.519. The summed E-state index contributed by atoms with van der Waals surface area (Å²) in [6.45, 7) is 3.88. The van der Waals surface area contributed by atoms with Crippen molar-refractivity contribution in [1.82, 2.24) is 29.7 Å². The smallest absolute Gasteiger partial charge is 0.252 e. The summed E-state index contributed by atoms with van der Waals surface area (Å²) in [7, 11) is 4.11. The number of aromatic amines is 1. The van der Waals surface area contributed by atoms with E-state index < -0.39 is 6.04 Å². The third-order valence-electron chi connectivity index (χ3n) is 7.87. The van der Waals surface area contributed by atoms with Gasteiger partial charge in [-0.15, -0.1) is 0 Å². The van der Waals surface area contributed by atoms with Gasteiger partial charge in [-0.25, -0.2) is 4.98 Å². The summed E-state index contributed by atoms with van der Waals surface area (Å²) >= 11 is 0. The highest BCUT2D eigenvalue weighted by atomic mass is 16.2. The molecule has 2 fully saturated rings. The van der Waals surface area contributed by atoms with E-state index in [-0.39, 0.29) is 11.8 Å². The first-order valence-corrected chi connectivity index (χ1v) is 12.8. The topological polar surface area (TPSA) is 86.3 Å². The Morgan fingerprint density at radius 2 is 1.77 bits per heavy atom. The highest BCUT2D eigenvalue weighted by Crippen LogP contribution is 2.32. The minimum atomic E-state index is -0.642. The molecule has 4 heterocycles. The summed E-state index contributed by atoms with van der Waals surface area (Å²) < 4.78 is 1.87. The van der Waals surface area contributed by atoms with Crippen molar-refractivity contribution in [3.05, 3.63) is 54.2 Å². The highest BCUT2D eigenvalue weighted by molar-refractivity contribution is 6.00.